The van der Waals surface area contributed by atoms with Gasteiger partial charge < -0.3 is 10.5 Å². The van der Waals surface area contributed by atoms with Crippen LogP contribution in [0, 0.1) is 0 Å². The minimum atomic E-state index is -1.20. The Balaban J connectivity index is 1.74. The molecule has 0 spiro atoms. The van der Waals surface area contributed by atoms with E-state index in [1.807, 2.05) is 0 Å². The van der Waals surface area contributed by atoms with E-state index in [4.69, 9.17) is 22.1 Å². The third-order valence-corrected chi connectivity index (χ3v) is 5.76. The van der Waals surface area contributed by atoms with Crippen molar-refractivity contribution in [2.24, 2.45) is 10.7 Å². The molecule has 1 aliphatic heterocycles. The van der Waals surface area contributed by atoms with Crippen molar-refractivity contribution in [1.29, 1.82) is 0 Å². The van der Waals surface area contributed by atoms with Crippen molar-refractivity contribution < 1.29 is 19.5 Å². The number of primary amides is 1. The Labute approximate surface area is 213 Å². The quantitative estimate of drug-likeness (QED) is 0.591. The normalized spacial score (nSPS) is 15.2. The van der Waals surface area contributed by atoms with Crippen molar-refractivity contribution in [1.82, 2.24) is 5.06 Å². The summed E-state index contributed by atoms with van der Waals surface area (Å²) in [5, 5.41) is 11.5. The molecule has 9 heteroatoms. The first-order valence-corrected chi connectivity index (χ1v) is 11.3. The number of hydrogen-bond donors (Lipinski definition) is 2. The van der Waals surface area contributed by atoms with Gasteiger partial charge >= 0.3 is 6.03 Å². The van der Waals surface area contributed by atoms with Gasteiger partial charge in [0.15, 0.2) is 0 Å². The highest BCUT2D eigenvalue weighted by molar-refractivity contribution is 6.30. The lowest BCUT2D eigenvalue weighted by molar-refractivity contribution is -0.119. The second kappa shape index (κ2) is 10.9. The molecule has 8 nitrogen and oxygen atoms in total. The summed E-state index contributed by atoms with van der Waals surface area (Å²) in [6.45, 7) is 0. The van der Waals surface area contributed by atoms with Crippen LogP contribution in [0.5, 0.6) is 5.75 Å². The van der Waals surface area contributed by atoms with Gasteiger partial charge in [0, 0.05) is 28.0 Å². The maximum absolute atomic E-state index is 13.6. The third kappa shape index (κ3) is 5.30. The third-order valence-electron chi connectivity index (χ3n) is 5.51. The fourth-order valence-electron chi connectivity index (χ4n) is 3.84. The number of hydrogen-bond acceptors (Lipinski definition) is 5. The van der Waals surface area contributed by atoms with E-state index in [9.17, 15) is 14.8 Å². The van der Waals surface area contributed by atoms with Gasteiger partial charge in [0.25, 0.3) is 5.91 Å². The molecular formula is C27H23ClN4O4. The number of aliphatic imine (C=N–C) groups is 1. The van der Waals surface area contributed by atoms with E-state index >= 15 is 0 Å². The summed E-state index contributed by atoms with van der Waals surface area (Å²) < 4.78 is 5.47. The summed E-state index contributed by atoms with van der Waals surface area (Å²) in [4.78, 5) is 31.7. The maximum Gasteiger partial charge on any atom is 0.320 e. The SMILES string of the molecule is COc1ccccc1C(C(=O)N=C1C=CC(=C2C=CC=CN2O)C=C1)N(C(N)=O)c1ccc(Cl)cc1. The lowest BCUT2D eigenvalue weighted by Crippen LogP contribution is -2.42. The predicted octanol–water partition coefficient (Wildman–Crippen LogP) is 5.10. The Kier molecular flexibility index (Phi) is 7.48. The number of carbonyl (C=O) groups excluding carboxylic acids is 2. The molecule has 0 fully saturated rings. The first kappa shape index (κ1) is 24.7. The first-order chi connectivity index (χ1) is 17.4. The highest BCUT2D eigenvalue weighted by atomic mass is 35.5. The Hall–Kier alpha value is -4.40. The van der Waals surface area contributed by atoms with Gasteiger partial charge in [0.05, 0.1) is 18.5 Å². The number of nitrogens with zero attached hydrogens (tertiary/aromatic N) is 3. The number of para-hydroxylation sites is 1. The topological polar surface area (TPSA) is 108 Å². The van der Waals surface area contributed by atoms with Crippen LogP contribution in [0.2, 0.25) is 5.02 Å². The highest BCUT2D eigenvalue weighted by Crippen LogP contribution is 2.34. The van der Waals surface area contributed by atoms with Crippen LogP contribution in [-0.2, 0) is 4.79 Å². The second-order valence-electron chi connectivity index (χ2n) is 7.76. The van der Waals surface area contributed by atoms with Crippen molar-refractivity contribution >= 4 is 34.9 Å². The van der Waals surface area contributed by atoms with Crippen molar-refractivity contribution in [3.8, 4) is 5.75 Å². The number of amides is 3. The Morgan fingerprint density at radius 2 is 1.72 bits per heavy atom. The van der Waals surface area contributed by atoms with Crippen LogP contribution >= 0.6 is 11.6 Å². The van der Waals surface area contributed by atoms with Gasteiger partial charge in [-0.3, -0.25) is 14.9 Å². The Morgan fingerprint density at radius 3 is 2.36 bits per heavy atom. The summed E-state index contributed by atoms with van der Waals surface area (Å²) in [5.74, 6) is -0.226. The largest absolute Gasteiger partial charge is 0.496 e. The molecule has 1 atom stereocenters. The molecule has 0 aromatic heterocycles. The molecule has 2 aromatic rings. The molecule has 2 aromatic carbocycles. The number of nitrogens with two attached hydrogens (primary N) is 1. The zero-order valence-electron chi connectivity index (χ0n) is 19.3. The lowest BCUT2D eigenvalue weighted by Gasteiger charge is -2.29. The van der Waals surface area contributed by atoms with Gasteiger partial charge in [0.1, 0.15) is 11.8 Å². The van der Waals surface area contributed by atoms with Gasteiger partial charge in [-0.1, -0.05) is 48.0 Å². The number of ether oxygens (including phenoxy) is 1. The van der Waals surface area contributed by atoms with Gasteiger partial charge in [-0.15, -0.1) is 0 Å². The van der Waals surface area contributed by atoms with Crippen LogP contribution in [0.3, 0.4) is 0 Å². The summed E-state index contributed by atoms with van der Waals surface area (Å²) in [6.07, 6.45) is 13.5. The molecule has 3 amide bonds. The summed E-state index contributed by atoms with van der Waals surface area (Å²) in [7, 11) is 1.48. The van der Waals surface area contributed by atoms with E-state index in [2.05, 4.69) is 4.99 Å². The molecule has 36 heavy (non-hydrogen) atoms. The molecule has 1 aliphatic carbocycles. The average molecular weight is 503 g/mol. The molecule has 0 radical (unpaired) electrons. The van der Waals surface area contributed by atoms with Crippen LogP contribution in [0.1, 0.15) is 11.6 Å². The van der Waals surface area contributed by atoms with Crippen LogP contribution < -0.4 is 15.4 Å². The summed E-state index contributed by atoms with van der Waals surface area (Å²) in [6, 6.07) is 11.2. The van der Waals surface area contributed by atoms with Gasteiger partial charge in [-0.2, -0.15) is 0 Å². The number of urea groups is 1. The van der Waals surface area contributed by atoms with Crippen LogP contribution in [0.25, 0.3) is 0 Å². The van der Waals surface area contributed by atoms with E-state index in [1.54, 1.807) is 91.1 Å². The first-order valence-electron chi connectivity index (χ1n) is 10.9. The number of anilines is 1. The molecule has 1 unspecified atom stereocenters. The monoisotopic (exact) mass is 502 g/mol. The Bertz CT molecular complexity index is 1340. The van der Waals surface area contributed by atoms with Crippen molar-refractivity contribution in [3.63, 3.8) is 0 Å². The molecule has 4 rings (SSSR count). The van der Waals surface area contributed by atoms with Crippen LogP contribution in [0.15, 0.2) is 114 Å². The number of rotatable bonds is 5. The van der Waals surface area contributed by atoms with Crippen LogP contribution in [0.4, 0.5) is 10.5 Å². The van der Waals surface area contributed by atoms with Gasteiger partial charge in [-0.25, -0.2) is 14.9 Å². The number of hydroxylamine groups is 2. The molecule has 0 bridgehead atoms. The van der Waals surface area contributed by atoms with Crippen molar-refractivity contribution in [2.45, 2.75) is 6.04 Å². The number of methoxy groups -OCH3 is 1. The van der Waals surface area contributed by atoms with Gasteiger partial charge in [0.2, 0.25) is 0 Å². The number of benzene rings is 2. The highest BCUT2D eigenvalue weighted by Gasteiger charge is 2.34. The molecule has 182 valence electrons. The minimum absolute atomic E-state index is 0.365. The molecular weight excluding hydrogens is 480 g/mol. The molecule has 0 saturated heterocycles. The van der Waals surface area contributed by atoms with E-state index < -0.39 is 18.0 Å². The summed E-state index contributed by atoms with van der Waals surface area (Å²) in [5.41, 5.74) is 8.22. The number of halogens is 1. The van der Waals surface area contributed by atoms with Crippen molar-refractivity contribution in [2.75, 3.05) is 12.0 Å². The lowest BCUT2D eigenvalue weighted by atomic mass is 10.0. The number of allylic oxidation sites excluding steroid dienone is 8. The predicted molar refractivity (Wildman–Crippen MR) is 139 cm³/mol. The smallest absolute Gasteiger partial charge is 0.320 e. The van der Waals surface area contributed by atoms with Crippen molar-refractivity contribution in [3.05, 3.63) is 119 Å². The standard InChI is InChI=1S/C27H23ClN4O4/c1-36-24-8-3-2-6-22(24)25(32(27(29)34)21-15-11-19(28)12-16-21)26(33)30-20-13-9-18(10-14-20)23-7-4-5-17-31(23)35/h2-17,25,35H,1H3,(H2,29,34). The molecule has 1 heterocycles. The second-order valence-corrected chi connectivity index (χ2v) is 8.19. The maximum atomic E-state index is 13.6. The number of carbonyl (C=O) groups is 2. The fraction of sp³-hybridized carbons (Fsp3) is 0.0741. The Morgan fingerprint density at radius 1 is 1.03 bits per heavy atom. The zero-order chi connectivity index (χ0) is 25.7. The van der Waals surface area contributed by atoms with Gasteiger partial charge in [-0.05, 0) is 54.6 Å². The zero-order valence-corrected chi connectivity index (χ0v) is 20.0. The summed E-state index contributed by atoms with van der Waals surface area (Å²) >= 11 is 6.02. The molecule has 2 aliphatic rings. The average Bonchev–Trinajstić information content (AvgIpc) is 2.88. The van der Waals surface area contributed by atoms with Crippen LogP contribution in [-0.4, -0.2) is 35.0 Å². The van der Waals surface area contributed by atoms with E-state index in [0.717, 1.165) is 15.5 Å². The van der Waals surface area contributed by atoms with E-state index in [0.29, 0.717) is 33.4 Å². The van der Waals surface area contributed by atoms with E-state index in [1.165, 1.54) is 13.3 Å². The van der Waals surface area contributed by atoms with E-state index in [-0.39, 0.29) is 0 Å². The molecule has 3 N–H and O–H groups in total. The molecule has 0 saturated carbocycles. The fourth-order valence-corrected chi connectivity index (χ4v) is 3.96. The minimum Gasteiger partial charge on any atom is -0.496 e.